The molecule has 0 unspecified atom stereocenters. The summed E-state index contributed by atoms with van der Waals surface area (Å²) in [5, 5.41) is 4.12. The Bertz CT molecular complexity index is 683. The first-order valence-corrected chi connectivity index (χ1v) is 8.10. The maximum atomic E-state index is 12.1. The van der Waals surface area contributed by atoms with Crippen molar-refractivity contribution in [3.8, 4) is 0 Å². The highest BCUT2D eigenvalue weighted by molar-refractivity contribution is 6.39. The third kappa shape index (κ3) is 5.52. The van der Waals surface area contributed by atoms with E-state index in [9.17, 15) is 4.79 Å². The molecular formula is C15H13Cl4N3O. The molecule has 23 heavy (non-hydrogen) atoms. The van der Waals surface area contributed by atoms with Crippen LogP contribution in [0.4, 0.5) is 5.69 Å². The molecule has 0 fully saturated rings. The molecule has 0 aliphatic heterocycles. The third-order valence-electron chi connectivity index (χ3n) is 2.92. The van der Waals surface area contributed by atoms with E-state index < -0.39 is 0 Å². The van der Waals surface area contributed by atoms with Gasteiger partial charge in [0, 0.05) is 6.54 Å². The van der Waals surface area contributed by atoms with Crippen molar-refractivity contribution in [2.75, 3.05) is 18.9 Å². The number of benzene rings is 1. The third-order valence-corrected chi connectivity index (χ3v) is 3.93. The number of hydrogen-bond acceptors (Lipinski definition) is 3. The monoisotopic (exact) mass is 391 g/mol. The molecule has 1 N–H and O–H groups in total. The van der Waals surface area contributed by atoms with Crippen molar-refractivity contribution in [2.24, 2.45) is 0 Å². The van der Waals surface area contributed by atoms with Crippen molar-refractivity contribution in [2.45, 2.75) is 6.54 Å². The molecule has 1 aromatic heterocycles. The van der Waals surface area contributed by atoms with Crippen LogP contribution in [0.15, 0.2) is 30.3 Å². The van der Waals surface area contributed by atoms with Crippen LogP contribution in [0.25, 0.3) is 0 Å². The molecule has 0 bridgehead atoms. The van der Waals surface area contributed by atoms with Gasteiger partial charge in [-0.15, -0.1) is 0 Å². The Hall–Kier alpha value is -1.04. The fourth-order valence-corrected chi connectivity index (χ4v) is 3.01. The van der Waals surface area contributed by atoms with Crippen molar-refractivity contribution in [1.82, 2.24) is 9.88 Å². The maximum Gasteiger partial charge on any atom is 0.238 e. The highest BCUT2D eigenvalue weighted by atomic mass is 35.5. The van der Waals surface area contributed by atoms with Crippen LogP contribution in [0.1, 0.15) is 5.56 Å². The molecule has 1 amide bonds. The van der Waals surface area contributed by atoms with Gasteiger partial charge in [0.1, 0.15) is 10.3 Å². The van der Waals surface area contributed by atoms with Crippen LogP contribution in [0.2, 0.25) is 20.4 Å². The Morgan fingerprint density at radius 3 is 2.26 bits per heavy atom. The van der Waals surface area contributed by atoms with E-state index in [-0.39, 0.29) is 12.5 Å². The summed E-state index contributed by atoms with van der Waals surface area (Å²) in [6.45, 7) is 0.644. The van der Waals surface area contributed by atoms with Gasteiger partial charge in [0.25, 0.3) is 0 Å². The lowest BCUT2D eigenvalue weighted by Gasteiger charge is -2.17. The summed E-state index contributed by atoms with van der Waals surface area (Å²) < 4.78 is 0. The maximum absolute atomic E-state index is 12.1. The number of rotatable bonds is 5. The van der Waals surface area contributed by atoms with Gasteiger partial charge in [-0.25, -0.2) is 4.98 Å². The van der Waals surface area contributed by atoms with E-state index in [1.807, 2.05) is 4.90 Å². The molecule has 8 heteroatoms. The summed E-state index contributed by atoms with van der Waals surface area (Å²) in [7, 11) is 1.80. The Balaban J connectivity index is 1.97. The van der Waals surface area contributed by atoms with Crippen LogP contribution >= 0.6 is 46.4 Å². The van der Waals surface area contributed by atoms with Crippen LogP contribution in [0.5, 0.6) is 0 Å². The van der Waals surface area contributed by atoms with Gasteiger partial charge in [-0.1, -0.05) is 52.5 Å². The minimum atomic E-state index is -0.228. The standard InChI is InChI=1S/C15H13Cl4N3O/c1-22(7-9-5-12(18)20-13(19)6-9)8-14(23)21-15-10(16)3-2-4-11(15)17/h2-6H,7-8H2,1H3,(H,21,23). The predicted octanol–water partition coefficient (Wildman–Crippen LogP) is 4.77. The number of anilines is 1. The minimum absolute atomic E-state index is 0.152. The van der Waals surface area contributed by atoms with Crippen LogP contribution in [0, 0.1) is 0 Å². The van der Waals surface area contributed by atoms with Gasteiger partial charge in [0.05, 0.1) is 22.3 Å². The zero-order chi connectivity index (χ0) is 17.0. The average molecular weight is 393 g/mol. The van der Waals surface area contributed by atoms with E-state index in [2.05, 4.69) is 10.3 Å². The van der Waals surface area contributed by atoms with E-state index >= 15 is 0 Å². The van der Waals surface area contributed by atoms with Crippen LogP contribution in [0.3, 0.4) is 0 Å². The van der Waals surface area contributed by atoms with Gasteiger partial charge in [-0.05, 0) is 36.9 Å². The number of amides is 1. The molecule has 0 aliphatic rings. The first kappa shape index (κ1) is 18.3. The van der Waals surface area contributed by atoms with E-state index in [0.29, 0.717) is 32.6 Å². The van der Waals surface area contributed by atoms with Gasteiger partial charge in [-0.2, -0.15) is 0 Å². The Kier molecular flexibility index (Phi) is 6.50. The van der Waals surface area contributed by atoms with Crippen molar-refractivity contribution < 1.29 is 4.79 Å². The zero-order valence-corrected chi connectivity index (χ0v) is 15.1. The van der Waals surface area contributed by atoms with E-state index in [1.165, 1.54) is 0 Å². The molecular weight excluding hydrogens is 380 g/mol. The minimum Gasteiger partial charge on any atom is -0.322 e. The number of likely N-dealkylation sites (N-methyl/N-ethyl adjacent to an activating group) is 1. The molecule has 1 aromatic carbocycles. The van der Waals surface area contributed by atoms with Crippen molar-refractivity contribution in [3.63, 3.8) is 0 Å². The lowest BCUT2D eigenvalue weighted by Crippen LogP contribution is -2.30. The number of nitrogens with zero attached hydrogens (tertiary/aromatic N) is 2. The predicted molar refractivity (Wildman–Crippen MR) is 95.7 cm³/mol. The summed E-state index contributed by atoms with van der Waals surface area (Å²) in [5.74, 6) is -0.228. The number of carbonyl (C=O) groups excluding carboxylic acids is 1. The summed E-state index contributed by atoms with van der Waals surface area (Å²) in [6, 6.07) is 8.43. The van der Waals surface area contributed by atoms with E-state index in [4.69, 9.17) is 46.4 Å². The smallest absolute Gasteiger partial charge is 0.238 e. The van der Waals surface area contributed by atoms with Crippen molar-refractivity contribution >= 4 is 58.0 Å². The second-order valence-corrected chi connectivity index (χ2v) is 6.53. The SMILES string of the molecule is CN(CC(=O)Nc1c(Cl)cccc1Cl)Cc1cc(Cl)nc(Cl)c1. The Morgan fingerprint density at radius 2 is 1.70 bits per heavy atom. The number of carbonyl (C=O) groups is 1. The normalized spacial score (nSPS) is 10.9. The highest BCUT2D eigenvalue weighted by Crippen LogP contribution is 2.29. The molecule has 2 rings (SSSR count). The lowest BCUT2D eigenvalue weighted by atomic mass is 10.2. The largest absolute Gasteiger partial charge is 0.322 e. The molecule has 0 saturated carbocycles. The number of halogens is 4. The highest BCUT2D eigenvalue weighted by Gasteiger charge is 2.12. The van der Waals surface area contributed by atoms with Crippen LogP contribution in [-0.4, -0.2) is 29.4 Å². The Labute approximate surface area is 154 Å². The Morgan fingerprint density at radius 1 is 1.13 bits per heavy atom. The molecule has 0 atom stereocenters. The molecule has 122 valence electrons. The van der Waals surface area contributed by atoms with Gasteiger partial charge in [0.2, 0.25) is 5.91 Å². The van der Waals surface area contributed by atoms with Crippen LogP contribution in [-0.2, 0) is 11.3 Å². The fourth-order valence-electron chi connectivity index (χ4n) is 2.01. The van der Waals surface area contributed by atoms with Crippen molar-refractivity contribution in [3.05, 3.63) is 56.2 Å². The number of nitrogens with one attached hydrogen (secondary N) is 1. The summed E-state index contributed by atoms with van der Waals surface area (Å²) >= 11 is 23.8. The van der Waals surface area contributed by atoms with E-state index in [0.717, 1.165) is 5.56 Å². The molecule has 4 nitrogen and oxygen atoms in total. The molecule has 0 spiro atoms. The molecule has 0 radical (unpaired) electrons. The number of hydrogen-bond donors (Lipinski definition) is 1. The number of aromatic nitrogens is 1. The zero-order valence-electron chi connectivity index (χ0n) is 12.1. The first-order chi connectivity index (χ1) is 10.8. The summed E-state index contributed by atoms with van der Waals surface area (Å²) in [4.78, 5) is 17.8. The molecule has 2 aromatic rings. The lowest BCUT2D eigenvalue weighted by molar-refractivity contribution is -0.117. The quantitative estimate of drug-likeness (QED) is 0.745. The van der Waals surface area contributed by atoms with Gasteiger partial charge >= 0.3 is 0 Å². The molecule has 0 aliphatic carbocycles. The first-order valence-electron chi connectivity index (χ1n) is 6.59. The molecule has 1 heterocycles. The van der Waals surface area contributed by atoms with Crippen LogP contribution < -0.4 is 5.32 Å². The number of para-hydroxylation sites is 1. The second-order valence-electron chi connectivity index (χ2n) is 4.94. The second kappa shape index (κ2) is 8.18. The fraction of sp³-hybridized carbons (Fsp3) is 0.200. The van der Waals surface area contributed by atoms with Gasteiger partial charge in [0.15, 0.2) is 0 Å². The van der Waals surface area contributed by atoms with Gasteiger partial charge < -0.3 is 5.32 Å². The molecule has 0 saturated heterocycles. The summed E-state index contributed by atoms with van der Waals surface area (Å²) in [6.07, 6.45) is 0. The number of pyridine rings is 1. The summed E-state index contributed by atoms with van der Waals surface area (Å²) in [5.41, 5.74) is 1.27. The topological polar surface area (TPSA) is 45.2 Å². The average Bonchev–Trinajstić information content (AvgIpc) is 2.41. The van der Waals surface area contributed by atoms with Gasteiger partial charge in [-0.3, -0.25) is 9.69 Å². The van der Waals surface area contributed by atoms with Crippen molar-refractivity contribution in [1.29, 1.82) is 0 Å². The van der Waals surface area contributed by atoms with E-state index in [1.54, 1.807) is 37.4 Å².